The minimum Gasteiger partial charge on any atom is -0.389 e. The highest BCUT2D eigenvalue weighted by Gasteiger charge is 2.63. The molecule has 0 saturated carbocycles. The van der Waals surface area contributed by atoms with Gasteiger partial charge in [0.15, 0.2) is 7.85 Å². The van der Waals surface area contributed by atoms with Crippen LogP contribution in [0.15, 0.2) is 15.8 Å². The summed E-state index contributed by atoms with van der Waals surface area (Å²) in [6.07, 6.45) is -2.14. The van der Waals surface area contributed by atoms with E-state index in [-0.39, 0.29) is 0 Å². The number of H-pyrrole nitrogens is 1. The lowest BCUT2D eigenvalue weighted by Gasteiger charge is -2.39. The van der Waals surface area contributed by atoms with Gasteiger partial charge in [0.2, 0.25) is 11.7 Å². The number of nitrogens with zero attached hydrogens (tertiary/aromatic N) is 1. The van der Waals surface area contributed by atoms with Gasteiger partial charge in [-0.2, -0.15) is 4.39 Å². The second-order valence-corrected chi connectivity index (χ2v) is 7.47. The zero-order valence-corrected chi connectivity index (χ0v) is 14.3. The first kappa shape index (κ1) is 20.1. The van der Waals surface area contributed by atoms with Crippen LogP contribution in [0.1, 0.15) is 6.42 Å². The largest absolute Gasteiger partial charge is 0.468 e. The van der Waals surface area contributed by atoms with Gasteiger partial charge in [-0.15, -0.1) is 0 Å². The Kier molecular flexibility index (Phi) is 4.74. The molecule has 1 aromatic rings. The summed E-state index contributed by atoms with van der Waals surface area (Å²) in [6.45, 7) is 0. The molecule has 0 radical (unpaired) electrons. The molecule has 10 nitrogen and oxygen atoms in total. The van der Waals surface area contributed by atoms with Crippen LogP contribution in [0.25, 0.3) is 0 Å². The second kappa shape index (κ2) is 5.90. The first-order valence-corrected chi connectivity index (χ1v) is 8.50. The van der Waals surface area contributed by atoms with Crippen molar-refractivity contribution in [2.24, 2.45) is 0 Å². The van der Waals surface area contributed by atoms with Crippen molar-refractivity contribution >= 4 is 31.4 Å². The Hall–Kier alpha value is -1.24. The predicted molar refractivity (Wildman–Crippen MR) is 86.3 cm³/mol. The van der Waals surface area contributed by atoms with Crippen molar-refractivity contribution in [3.05, 3.63) is 32.9 Å². The summed E-state index contributed by atoms with van der Waals surface area (Å²) in [7, 11) is -2.12. The lowest BCUT2D eigenvalue weighted by atomic mass is 9.60. The van der Waals surface area contributed by atoms with Crippen molar-refractivity contribution in [2.45, 2.75) is 29.4 Å². The van der Waals surface area contributed by atoms with Gasteiger partial charge in [-0.3, -0.25) is 18.9 Å². The Morgan fingerprint density at radius 1 is 1.48 bits per heavy atom. The lowest BCUT2D eigenvalue weighted by Crippen LogP contribution is -2.56. The van der Waals surface area contributed by atoms with E-state index < -0.39 is 54.3 Å². The number of phosphoric acid groups is 1. The van der Waals surface area contributed by atoms with Gasteiger partial charge in [0, 0.05) is 6.42 Å². The van der Waals surface area contributed by atoms with Crippen molar-refractivity contribution < 1.29 is 37.5 Å². The number of aliphatic hydroxyl groups excluding tert-OH is 1. The molecule has 4 N–H and O–H groups in total. The topological polar surface area (TPSA) is 151 Å². The van der Waals surface area contributed by atoms with Crippen LogP contribution >= 0.6 is 7.82 Å². The Labute approximate surface area is 141 Å². The van der Waals surface area contributed by atoms with Crippen LogP contribution in [0.5, 0.6) is 0 Å². The highest BCUT2D eigenvalue weighted by Crippen LogP contribution is 2.50. The molecule has 0 aliphatic carbocycles. The molecule has 1 saturated heterocycles. The molecule has 1 aliphatic rings. The third-order valence-corrected chi connectivity index (χ3v) is 4.76. The average Bonchev–Trinajstić information content (AvgIpc) is 2.63. The van der Waals surface area contributed by atoms with Crippen LogP contribution in [-0.2, 0) is 19.4 Å². The number of hydrogen-bond acceptors (Lipinski definition) is 6. The van der Waals surface area contributed by atoms with Crippen LogP contribution < -0.4 is 11.2 Å². The molecule has 1 fully saturated rings. The van der Waals surface area contributed by atoms with Gasteiger partial charge >= 0.3 is 13.5 Å². The average molecular weight is 380 g/mol. The summed E-state index contributed by atoms with van der Waals surface area (Å²) < 4.78 is 49.7. The summed E-state index contributed by atoms with van der Waals surface area (Å²) >= 11 is 0. The van der Waals surface area contributed by atoms with Crippen LogP contribution in [-0.4, -0.2) is 65.3 Å². The molecule has 2 heterocycles. The van der Waals surface area contributed by atoms with E-state index in [1.165, 1.54) is 0 Å². The van der Waals surface area contributed by atoms with Gasteiger partial charge in [-0.1, -0.05) is 0 Å². The summed E-state index contributed by atoms with van der Waals surface area (Å²) in [6, 6.07) is 0. The van der Waals surface area contributed by atoms with Gasteiger partial charge in [0.1, 0.15) is 21.3 Å². The van der Waals surface area contributed by atoms with Gasteiger partial charge in [0.25, 0.3) is 5.56 Å². The van der Waals surface area contributed by atoms with E-state index in [9.17, 15) is 23.7 Å². The predicted octanol–water partition coefficient (Wildman–Crippen LogP) is -4.60. The molecule has 0 amide bonds. The summed E-state index contributed by atoms with van der Waals surface area (Å²) in [4.78, 5) is 42.5. The highest BCUT2D eigenvalue weighted by molar-refractivity contribution is 7.46. The van der Waals surface area contributed by atoms with Gasteiger partial charge in [0.05, 0.1) is 17.7 Å². The molecule has 3 atom stereocenters. The van der Waals surface area contributed by atoms with E-state index in [1.54, 1.807) is 4.98 Å². The maximum Gasteiger partial charge on any atom is 0.468 e. The fourth-order valence-electron chi connectivity index (χ4n) is 2.60. The molecule has 2 rings (SSSR count). The fraction of sp³-hybridized carbons (Fsp3) is 0.556. The van der Waals surface area contributed by atoms with E-state index in [0.717, 1.165) is 23.5 Å². The lowest BCUT2D eigenvalue weighted by molar-refractivity contribution is -0.219. The standard InChI is InChI=1S/C9H14B3F2N2O8P/c10-8(16-2-3(13)5(18)15-6(16)19)4(17)1-7(14,23-8)9(11,12)24-25(20,21)22/h2,4,17H,1,10-12H2,(H,15,18,19)(H2,20,21,22)/t4-,7+,8+/m1/s1. The summed E-state index contributed by atoms with van der Waals surface area (Å²) in [5.41, 5.74) is -4.66. The Morgan fingerprint density at radius 3 is 2.56 bits per heavy atom. The molecule has 0 spiro atoms. The van der Waals surface area contributed by atoms with Crippen molar-refractivity contribution in [1.29, 1.82) is 0 Å². The summed E-state index contributed by atoms with van der Waals surface area (Å²) in [5.74, 6) is -4.33. The number of hydrogen-bond donors (Lipinski definition) is 4. The number of ether oxygens (including phenoxy) is 1. The maximum absolute atomic E-state index is 15.2. The number of aliphatic hydroxyl groups is 1. The third-order valence-electron chi connectivity index (χ3n) is 4.07. The fourth-order valence-corrected chi connectivity index (χ4v) is 3.33. The second-order valence-electron chi connectivity index (χ2n) is 6.30. The van der Waals surface area contributed by atoms with Gasteiger partial charge in [-0.05, 0) is 0 Å². The molecule has 136 valence electrons. The minimum atomic E-state index is -5.12. The SMILES string of the molecule is BC(B)(OP(=O)(O)O)[C@]1(F)C[C@@H](O)[C@](B)(n2cc(F)c(=O)[nH]c2=O)O1. The number of nitrogens with one attached hydrogen (secondary N) is 1. The molecule has 0 unspecified atom stereocenters. The van der Waals surface area contributed by atoms with Gasteiger partial charge in [-0.25, -0.2) is 13.8 Å². The first-order valence-electron chi connectivity index (χ1n) is 6.97. The Balaban J connectivity index is 2.50. The van der Waals surface area contributed by atoms with E-state index in [0.29, 0.717) is 10.8 Å². The molecule has 25 heavy (non-hydrogen) atoms. The number of aromatic amines is 1. The van der Waals surface area contributed by atoms with Crippen molar-refractivity contribution in [2.75, 3.05) is 0 Å². The smallest absolute Gasteiger partial charge is 0.389 e. The first-order chi connectivity index (χ1) is 11.1. The van der Waals surface area contributed by atoms with Gasteiger partial charge < -0.3 is 19.6 Å². The van der Waals surface area contributed by atoms with Crippen molar-refractivity contribution in [3.63, 3.8) is 0 Å². The Bertz CT molecular complexity index is 858. The number of phosphoric ester groups is 1. The zero-order valence-electron chi connectivity index (χ0n) is 13.4. The van der Waals surface area contributed by atoms with E-state index in [4.69, 9.17) is 14.5 Å². The van der Waals surface area contributed by atoms with Crippen molar-refractivity contribution in [3.8, 4) is 0 Å². The molecule has 1 aromatic heterocycles. The highest BCUT2D eigenvalue weighted by atomic mass is 31.2. The third kappa shape index (κ3) is 3.53. The number of rotatable bonds is 4. The molecular weight excluding hydrogens is 366 g/mol. The molecule has 0 bridgehead atoms. The number of aromatic nitrogens is 2. The quantitative estimate of drug-likeness (QED) is 0.301. The van der Waals surface area contributed by atoms with E-state index in [1.807, 2.05) is 0 Å². The number of halogens is 2. The molecule has 1 aliphatic heterocycles. The number of alkyl halides is 1. The minimum absolute atomic E-state index is 0.437. The monoisotopic (exact) mass is 380 g/mol. The maximum atomic E-state index is 15.2. The van der Waals surface area contributed by atoms with E-state index >= 15 is 4.39 Å². The van der Waals surface area contributed by atoms with E-state index in [2.05, 4.69) is 4.52 Å². The van der Waals surface area contributed by atoms with Crippen LogP contribution in [0.3, 0.4) is 0 Å². The van der Waals surface area contributed by atoms with Crippen LogP contribution in [0.2, 0.25) is 0 Å². The Morgan fingerprint density at radius 2 is 2.04 bits per heavy atom. The normalized spacial score (nSPS) is 30.5. The van der Waals surface area contributed by atoms with Crippen LogP contribution in [0.4, 0.5) is 8.78 Å². The summed E-state index contributed by atoms with van der Waals surface area (Å²) in [5, 5.41) is 7.95. The molecule has 16 heteroatoms. The van der Waals surface area contributed by atoms with Crippen LogP contribution in [0, 0.1) is 5.82 Å². The molecular formula is C9H14B3F2N2O8P. The van der Waals surface area contributed by atoms with Crippen molar-refractivity contribution in [1.82, 2.24) is 9.55 Å². The zero-order chi connectivity index (χ0) is 19.4. The molecule has 0 aromatic carbocycles.